The minimum atomic E-state index is -0.196. The van der Waals surface area contributed by atoms with E-state index >= 15 is 0 Å². The number of nitrogens with zero attached hydrogens (tertiary/aromatic N) is 2. The molecule has 1 heterocycles. The highest BCUT2D eigenvalue weighted by Crippen LogP contribution is 2.20. The first-order valence-electron chi connectivity index (χ1n) is 8.77. The van der Waals surface area contributed by atoms with Crippen molar-refractivity contribution in [1.29, 1.82) is 0 Å². The van der Waals surface area contributed by atoms with E-state index in [1.807, 2.05) is 38.4 Å². The van der Waals surface area contributed by atoms with Gasteiger partial charge in [0, 0.05) is 18.0 Å². The third-order valence-corrected chi connectivity index (χ3v) is 4.12. The molecule has 1 aromatic carbocycles. The van der Waals surface area contributed by atoms with Gasteiger partial charge in [-0.2, -0.15) is 0 Å². The molecule has 0 fully saturated rings. The number of unbranched alkanes of at least 4 members (excludes halogenated alkanes) is 2. The molecule has 128 valence electrons. The summed E-state index contributed by atoms with van der Waals surface area (Å²) in [6.45, 7) is 6.04. The smallest absolute Gasteiger partial charge is 0.314 e. The number of hydrogen-bond acceptors (Lipinski definition) is 4. The molecule has 0 aliphatic rings. The lowest BCUT2D eigenvalue weighted by molar-refractivity contribution is -0.138. The number of benzene rings is 1. The Morgan fingerprint density at radius 1 is 1.08 bits per heavy atom. The lowest BCUT2D eigenvalue weighted by atomic mass is 10.1. The highest BCUT2D eigenvalue weighted by molar-refractivity contribution is 5.74. The molecule has 2 rings (SSSR count). The zero-order valence-corrected chi connectivity index (χ0v) is 14.8. The fraction of sp³-hybridized carbons (Fsp3) is 0.450. The van der Waals surface area contributed by atoms with Crippen LogP contribution in [0.1, 0.15) is 52.0 Å². The maximum Gasteiger partial charge on any atom is 0.314 e. The Hall–Kier alpha value is -2.23. The van der Waals surface area contributed by atoms with Crippen LogP contribution in [0.15, 0.2) is 36.7 Å². The number of carbonyl (C=O) groups excluding carboxylic acids is 1. The van der Waals surface area contributed by atoms with Crippen LogP contribution in [0.3, 0.4) is 0 Å². The molecule has 0 aliphatic heterocycles. The van der Waals surface area contributed by atoms with E-state index in [0.29, 0.717) is 11.6 Å². The van der Waals surface area contributed by atoms with Gasteiger partial charge >= 0.3 is 5.97 Å². The quantitative estimate of drug-likeness (QED) is 0.396. The topological polar surface area (TPSA) is 52.1 Å². The molecule has 0 radical (unpaired) electrons. The average molecular weight is 326 g/mol. The predicted octanol–water partition coefficient (Wildman–Crippen LogP) is 4.83. The van der Waals surface area contributed by atoms with Crippen LogP contribution in [0.4, 0.5) is 0 Å². The zero-order valence-electron chi connectivity index (χ0n) is 14.8. The first-order chi connectivity index (χ1) is 11.6. The number of aromatic nitrogens is 2. The van der Waals surface area contributed by atoms with Crippen LogP contribution in [-0.4, -0.2) is 15.9 Å². The predicted molar refractivity (Wildman–Crippen MR) is 95.8 cm³/mol. The number of esters is 1. The summed E-state index contributed by atoms with van der Waals surface area (Å²) in [7, 11) is 0. The number of carbonyl (C=O) groups is 1. The fourth-order valence-electron chi connectivity index (χ4n) is 2.27. The van der Waals surface area contributed by atoms with Gasteiger partial charge in [-0.15, -0.1) is 0 Å². The van der Waals surface area contributed by atoms with E-state index in [4.69, 9.17) is 4.74 Å². The van der Waals surface area contributed by atoms with Crippen LogP contribution in [0.2, 0.25) is 0 Å². The minimum absolute atomic E-state index is 0.0896. The van der Waals surface area contributed by atoms with Crippen molar-refractivity contribution in [3.8, 4) is 17.1 Å². The molecule has 0 aliphatic carbocycles. The maximum atomic E-state index is 11.8. The van der Waals surface area contributed by atoms with Crippen LogP contribution in [0, 0.1) is 5.92 Å². The van der Waals surface area contributed by atoms with E-state index < -0.39 is 0 Å². The van der Waals surface area contributed by atoms with Gasteiger partial charge in [0.15, 0.2) is 5.82 Å². The van der Waals surface area contributed by atoms with Gasteiger partial charge in [-0.25, -0.2) is 9.97 Å². The molecule has 0 spiro atoms. The Morgan fingerprint density at radius 2 is 1.75 bits per heavy atom. The van der Waals surface area contributed by atoms with E-state index in [1.54, 1.807) is 12.1 Å². The van der Waals surface area contributed by atoms with Crippen LogP contribution in [-0.2, 0) is 11.2 Å². The van der Waals surface area contributed by atoms with Crippen LogP contribution < -0.4 is 4.74 Å². The largest absolute Gasteiger partial charge is 0.426 e. The summed E-state index contributed by atoms with van der Waals surface area (Å²) in [4.78, 5) is 20.7. The van der Waals surface area contributed by atoms with Crippen molar-refractivity contribution in [2.75, 3.05) is 0 Å². The highest BCUT2D eigenvalue weighted by atomic mass is 16.5. The van der Waals surface area contributed by atoms with Gasteiger partial charge in [-0.3, -0.25) is 4.79 Å². The average Bonchev–Trinajstić information content (AvgIpc) is 2.62. The zero-order chi connectivity index (χ0) is 17.4. The molecular formula is C20H26N2O2. The van der Waals surface area contributed by atoms with Gasteiger partial charge in [0.2, 0.25) is 0 Å². The van der Waals surface area contributed by atoms with Crippen LogP contribution >= 0.6 is 0 Å². The van der Waals surface area contributed by atoms with E-state index in [2.05, 4.69) is 16.9 Å². The molecule has 4 nitrogen and oxygen atoms in total. The first kappa shape index (κ1) is 18.1. The Balaban J connectivity index is 1.98. The lowest BCUT2D eigenvalue weighted by Gasteiger charge is -2.09. The van der Waals surface area contributed by atoms with Crippen molar-refractivity contribution in [1.82, 2.24) is 9.97 Å². The van der Waals surface area contributed by atoms with Crippen molar-refractivity contribution in [3.05, 3.63) is 42.2 Å². The molecule has 0 saturated carbocycles. The van der Waals surface area contributed by atoms with Crippen molar-refractivity contribution in [3.63, 3.8) is 0 Å². The summed E-state index contributed by atoms with van der Waals surface area (Å²) in [6.07, 6.45) is 9.22. The molecular weight excluding hydrogens is 300 g/mol. The van der Waals surface area contributed by atoms with Crippen molar-refractivity contribution < 1.29 is 9.53 Å². The SMILES string of the molecule is CCCCCc1cnc(-c2ccc(OC(=O)C(C)CC)cc2)nc1. The van der Waals surface area contributed by atoms with Crippen LogP contribution in [0.5, 0.6) is 5.75 Å². The van der Waals surface area contributed by atoms with E-state index in [9.17, 15) is 4.79 Å². The molecule has 4 heteroatoms. The Bertz CT molecular complexity index is 636. The van der Waals surface area contributed by atoms with E-state index in [-0.39, 0.29) is 11.9 Å². The summed E-state index contributed by atoms with van der Waals surface area (Å²) in [6, 6.07) is 7.33. The summed E-state index contributed by atoms with van der Waals surface area (Å²) < 4.78 is 5.35. The molecule has 0 amide bonds. The maximum absolute atomic E-state index is 11.8. The van der Waals surface area contributed by atoms with E-state index in [1.165, 1.54) is 24.8 Å². The second-order valence-corrected chi connectivity index (χ2v) is 6.13. The minimum Gasteiger partial charge on any atom is -0.426 e. The molecule has 1 aromatic heterocycles. The summed E-state index contributed by atoms with van der Waals surface area (Å²) in [5, 5.41) is 0. The molecule has 0 saturated heterocycles. The molecule has 0 N–H and O–H groups in total. The van der Waals surface area contributed by atoms with Crippen molar-refractivity contribution in [2.45, 2.75) is 52.9 Å². The number of hydrogen-bond donors (Lipinski definition) is 0. The normalized spacial score (nSPS) is 12.0. The van der Waals surface area contributed by atoms with Crippen molar-refractivity contribution >= 4 is 5.97 Å². The van der Waals surface area contributed by atoms with Crippen LogP contribution in [0.25, 0.3) is 11.4 Å². The number of aryl methyl sites for hydroxylation is 1. The van der Waals surface area contributed by atoms with Gasteiger partial charge < -0.3 is 4.74 Å². The third kappa shape index (κ3) is 5.15. The Labute approximate surface area is 144 Å². The number of rotatable bonds is 8. The summed E-state index contributed by atoms with van der Waals surface area (Å²) in [5.74, 6) is 0.959. The van der Waals surface area contributed by atoms with Gasteiger partial charge in [-0.05, 0) is 49.1 Å². The third-order valence-electron chi connectivity index (χ3n) is 4.12. The Kier molecular flexibility index (Phi) is 6.91. The summed E-state index contributed by atoms with van der Waals surface area (Å²) in [5.41, 5.74) is 2.09. The number of ether oxygens (including phenoxy) is 1. The van der Waals surface area contributed by atoms with Gasteiger partial charge in [-0.1, -0.05) is 33.6 Å². The van der Waals surface area contributed by atoms with Gasteiger partial charge in [0.05, 0.1) is 5.92 Å². The summed E-state index contributed by atoms with van der Waals surface area (Å²) >= 11 is 0. The molecule has 1 unspecified atom stereocenters. The molecule has 2 aromatic rings. The van der Waals surface area contributed by atoms with Gasteiger partial charge in [0.1, 0.15) is 5.75 Å². The van der Waals surface area contributed by atoms with E-state index in [0.717, 1.165) is 18.4 Å². The first-order valence-corrected chi connectivity index (χ1v) is 8.77. The fourth-order valence-corrected chi connectivity index (χ4v) is 2.27. The van der Waals surface area contributed by atoms with Crippen molar-refractivity contribution in [2.24, 2.45) is 5.92 Å². The highest BCUT2D eigenvalue weighted by Gasteiger charge is 2.13. The molecule has 0 bridgehead atoms. The second-order valence-electron chi connectivity index (χ2n) is 6.13. The standard InChI is InChI=1S/C20H26N2O2/c1-4-6-7-8-16-13-21-19(22-14-16)17-9-11-18(12-10-17)24-20(23)15(3)5-2/h9-15H,4-8H2,1-3H3. The second kappa shape index (κ2) is 9.16. The molecule has 1 atom stereocenters. The van der Waals surface area contributed by atoms with Gasteiger partial charge in [0.25, 0.3) is 0 Å². The monoisotopic (exact) mass is 326 g/mol. The molecule has 24 heavy (non-hydrogen) atoms. The lowest BCUT2D eigenvalue weighted by Crippen LogP contribution is -2.16. The Morgan fingerprint density at radius 3 is 2.33 bits per heavy atom.